The Hall–Kier alpha value is -2.38. The number of amides is 2. The van der Waals surface area contributed by atoms with Crippen molar-refractivity contribution < 1.29 is 19.1 Å². The average molecular weight is 395 g/mol. The predicted octanol–water partition coefficient (Wildman–Crippen LogP) is 4.84. The first-order valence-corrected chi connectivity index (χ1v) is 9.75. The molecule has 1 rings (SSSR count). The van der Waals surface area contributed by atoms with Crippen LogP contribution in [0.25, 0.3) is 0 Å². The Bertz CT molecular complexity index is 655. The molecular formula is C20H34N4O4. The van der Waals surface area contributed by atoms with Gasteiger partial charge in [0.05, 0.1) is 0 Å². The second kappa shape index (κ2) is 10.2. The highest BCUT2D eigenvalue weighted by Gasteiger charge is 2.28. The molecule has 0 radical (unpaired) electrons. The van der Waals surface area contributed by atoms with Gasteiger partial charge in [0.2, 0.25) is 5.96 Å². The molecule has 8 nitrogen and oxygen atoms in total. The smallest absolute Gasteiger partial charge is 0.437 e. The van der Waals surface area contributed by atoms with E-state index in [1.54, 1.807) is 60.0 Å². The zero-order valence-electron chi connectivity index (χ0n) is 18.2. The number of nitrogens with zero attached hydrogens (tertiary/aromatic N) is 4. The van der Waals surface area contributed by atoms with Gasteiger partial charge in [0.1, 0.15) is 11.2 Å². The normalized spacial score (nSPS) is 12.6. The number of rotatable bonds is 5. The van der Waals surface area contributed by atoms with Crippen molar-refractivity contribution in [2.75, 3.05) is 6.54 Å². The summed E-state index contributed by atoms with van der Waals surface area (Å²) in [6.45, 7) is 13.1. The van der Waals surface area contributed by atoms with Crippen LogP contribution in [0.15, 0.2) is 23.5 Å². The van der Waals surface area contributed by atoms with Crippen LogP contribution in [0.3, 0.4) is 0 Å². The summed E-state index contributed by atoms with van der Waals surface area (Å²) >= 11 is 0. The van der Waals surface area contributed by atoms with E-state index in [2.05, 4.69) is 17.0 Å². The number of aliphatic imine (C=N–C) groups is 1. The fourth-order valence-electron chi connectivity index (χ4n) is 2.28. The van der Waals surface area contributed by atoms with Gasteiger partial charge in [0.15, 0.2) is 0 Å². The van der Waals surface area contributed by atoms with Gasteiger partial charge in [-0.25, -0.2) is 19.2 Å². The fraction of sp³-hybridized carbons (Fsp3) is 0.700. The molecular weight excluding hydrogens is 360 g/mol. The molecule has 0 saturated carbocycles. The number of carbonyl (C=O) groups is 2. The maximum Gasteiger partial charge on any atom is 0.437 e. The predicted molar refractivity (Wildman–Crippen MR) is 108 cm³/mol. The van der Waals surface area contributed by atoms with Crippen LogP contribution in [0.5, 0.6) is 0 Å². The van der Waals surface area contributed by atoms with Crippen LogP contribution >= 0.6 is 0 Å². The maximum absolute atomic E-state index is 12.9. The second-order valence-corrected chi connectivity index (χ2v) is 8.54. The summed E-state index contributed by atoms with van der Waals surface area (Å²) in [5.74, 6) is 0.0602. The summed E-state index contributed by atoms with van der Waals surface area (Å²) < 4.78 is 12.2. The zero-order valence-corrected chi connectivity index (χ0v) is 18.2. The molecule has 0 aromatic carbocycles. The highest BCUT2D eigenvalue weighted by molar-refractivity contribution is 5.99. The first-order chi connectivity index (χ1) is 12.9. The van der Waals surface area contributed by atoms with Crippen molar-refractivity contribution >= 4 is 18.1 Å². The zero-order chi connectivity index (χ0) is 21.4. The van der Waals surface area contributed by atoms with E-state index in [-0.39, 0.29) is 5.96 Å². The summed E-state index contributed by atoms with van der Waals surface area (Å²) in [4.78, 5) is 30.6. The van der Waals surface area contributed by atoms with E-state index in [0.717, 1.165) is 25.7 Å². The molecule has 158 valence electrons. The van der Waals surface area contributed by atoms with Gasteiger partial charge in [-0.1, -0.05) is 26.2 Å². The largest absolute Gasteiger partial charge is 0.443 e. The van der Waals surface area contributed by atoms with Gasteiger partial charge in [0, 0.05) is 18.9 Å². The molecule has 0 spiro atoms. The van der Waals surface area contributed by atoms with Crippen molar-refractivity contribution in [3.05, 3.63) is 18.5 Å². The number of hydrogen-bond acceptors (Lipinski definition) is 5. The molecule has 1 heterocycles. The van der Waals surface area contributed by atoms with Gasteiger partial charge in [0.25, 0.3) is 0 Å². The third-order valence-electron chi connectivity index (χ3n) is 3.38. The van der Waals surface area contributed by atoms with Crippen molar-refractivity contribution in [2.24, 2.45) is 4.99 Å². The van der Waals surface area contributed by atoms with Crippen LogP contribution in [-0.2, 0) is 9.47 Å². The molecule has 0 N–H and O–H groups in total. The molecule has 0 fully saturated rings. The van der Waals surface area contributed by atoms with E-state index < -0.39 is 23.4 Å². The lowest BCUT2D eigenvalue weighted by Crippen LogP contribution is -2.45. The van der Waals surface area contributed by atoms with Crippen LogP contribution in [-0.4, -0.2) is 50.6 Å². The number of hydrogen-bond donors (Lipinski definition) is 0. The van der Waals surface area contributed by atoms with Gasteiger partial charge >= 0.3 is 12.2 Å². The maximum atomic E-state index is 12.9. The molecule has 0 aliphatic rings. The molecule has 8 heteroatoms. The molecule has 0 saturated heterocycles. The van der Waals surface area contributed by atoms with Crippen LogP contribution in [0.1, 0.15) is 74.1 Å². The van der Waals surface area contributed by atoms with Crippen molar-refractivity contribution in [1.82, 2.24) is 14.7 Å². The Morgan fingerprint density at radius 3 is 2.18 bits per heavy atom. The Balaban J connectivity index is 3.21. The molecule has 0 aliphatic carbocycles. The van der Waals surface area contributed by atoms with Gasteiger partial charge in [-0.3, -0.25) is 0 Å². The third-order valence-corrected chi connectivity index (χ3v) is 3.38. The number of unbranched alkanes of at least 4 members (excludes halogenated alkanes) is 3. The van der Waals surface area contributed by atoms with Crippen LogP contribution in [0, 0.1) is 0 Å². The van der Waals surface area contributed by atoms with Gasteiger partial charge in [-0.2, -0.15) is 5.10 Å². The third kappa shape index (κ3) is 9.01. The van der Waals surface area contributed by atoms with Gasteiger partial charge in [-0.05, 0) is 54.0 Å². The molecule has 2 amide bonds. The van der Waals surface area contributed by atoms with Gasteiger partial charge in [-0.15, -0.1) is 4.99 Å². The highest BCUT2D eigenvalue weighted by Crippen LogP contribution is 2.14. The van der Waals surface area contributed by atoms with E-state index in [1.165, 1.54) is 9.58 Å². The Morgan fingerprint density at radius 2 is 1.68 bits per heavy atom. The molecule has 1 aromatic rings. The van der Waals surface area contributed by atoms with E-state index in [0.29, 0.717) is 6.54 Å². The molecule has 0 bridgehead atoms. The molecule has 0 atom stereocenters. The highest BCUT2D eigenvalue weighted by atomic mass is 16.6. The minimum absolute atomic E-state index is 0.0602. The van der Waals surface area contributed by atoms with Crippen LogP contribution in [0.2, 0.25) is 0 Å². The Kier molecular flexibility index (Phi) is 8.65. The van der Waals surface area contributed by atoms with E-state index >= 15 is 0 Å². The van der Waals surface area contributed by atoms with Crippen molar-refractivity contribution in [3.8, 4) is 0 Å². The van der Waals surface area contributed by atoms with E-state index in [4.69, 9.17) is 9.47 Å². The lowest BCUT2D eigenvalue weighted by molar-refractivity contribution is 0.0360. The summed E-state index contributed by atoms with van der Waals surface area (Å²) in [5.41, 5.74) is -1.38. The first kappa shape index (κ1) is 23.7. The quantitative estimate of drug-likeness (QED) is 0.405. The SMILES string of the molecule is CCCCCCN(C(=O)OC(C)(C)C)C(=NC(=O)OC(C)(C)C)n1cccn1. The summed E-state index contributed by atoms with van der Waals surface area (Å²) in [6, 6.07) is 1.69. The average Bonchev–Trinajstić information content (AvgIpc) is 3.04. The van der Waals surface area contributed by atoms with Crippen LogP contribution < -0.4 is 0 Å². The topological polar surface area (TPSA) is 86.0 Å². The van der Waals surface area contributed by atoms with Crippen molar-refractivity contribution in [1.29, 1.82) is 0 Å². The van der Waals surface area contributed by atoms with E-state index in [1.807, 2.05) is 0 Å². The lowest BCUT2D eigenvalue weighted by atomic mass is 10.2. The van der Waals surface area contributed by atoms with E-state index in [9.17, 15) is 9.59 Å². The van der Waals surface area contributed by atoms with Crippen LogP contribution in [0.4, 0.5) is 9.59 Å². The van der Waals surface area contributed by atoms with Crippen molar-refractivity contribution in [2.45, 2.75) is 85.4 Å². The molecule has 0 aliphatic heterocycles. The molecule has 1 aromatic heterocycles. The lowest BCUT2D eigenvalue weighted by Gasteiger charge is -2.28. The molecule has 28 heavy (non-hydrogen) atoms. The first-order valence-electron chi connectivity index (χ1n) is 9.75. The fourth-order valence-corrected chi connectivity index (χ4v) is 2.28. The Labute approximate surface area is 167 Å². The summed E-state index contributed by atoms with van der Waals surface area (Å²) in [7, 11) is 0. The second-order valence-electron chi connectivity index (χ2n) is 8.54. The number of ether oxygens (including phenoxy) is 2. The minimum atomic E-state index is -0.792. The monoisotopic (exact) mass is 394 g/mol. The standard InChI is InChI=1S/C20H34N4O4/c1-8-9-10-11-14-23(18(26)28-20(5,6)7)16(24-15-12-13-21-24)22-17(25)27-19(2,3)4/h12-13,15H,8-11,14H2,1-7H3. The summed E-state index contributed by atoms with van der Waals surface area (Å²) in [6.07, 6.45) is 5.63. The number of carbonyl (C=O) groups excluding carboxylic acids is 2. The summed E-state index contributed by atoms with van der Waals surface area (Å²) in [5, 5.41) is 4.14. The Morgan fingerprint density at radius 1 is 1.04 bits per heavy atom. The molecule has 0 unspecified atom stereocenters. The minimum Gasteiger partial charge on any atom is -0.443 e. The van der Waals surface area contributed by atoms with Crippen molar-refractivity contribution in [3.63, 3.8) is 0 Å². The van der Waals surface area contributed by atoms with Gasteiger partial charge < -0.3 is 9.47 Å². The number of aromatic nitrogens is 2.